The van der Waals surface area contributed by atoms with Gasteiger partial charge in [-0.2, -0.15) is 0 Å². The lowest BCUT2D eigenvalue weighted by atomic mass is 9.75. The molecule has 1 aliphatic carbocycles. The fourth-order valence-electron chi connectivity index (χ4n) is 4.22. The zero-order valence-corrected chi connectivity index (χ0v) is 15.2. The third-order valence-corrected chi connectivity index (χ3v) is 5.42. The van der Waals surface area contributed by atoms with Gasteiger partial charge in [-0.3, -0.25) is 9.59 Å². The van der Waals surface area contributed by atoms with E-state index in [0.29, 0.717) is 22.3 Å². The van der Waals surface area contributed by atoms with Gasteiger partial charge in [0.1, 0.15) is 0 Å². The molecule has 0 N–H and O–H groups in total. The molecule has 0 bridgehead atoms. The molecular formula is C24H20O2. The monoisotopic (exact) mass is 340 g/mol. The highest BCUT2D eigenvalue weighted by Gasteiger charge is 2.34. The molecule has 26 heavy (non-hydrogen) atoms. The first-order valence-electron chi connectivity index (χ1n) is 8.96. The van der Waals surface area contributed by atoms with Crippen LogP contribution in [0.2, 0.25) is 0 Å². The summed E-state index contributed by atoms with van der Waals surface area (Å²) in [5.41, 5.74) is 7.34. The van der Waals surface area contributed by atoms with Crippen LogP contribution >= 0.6 is 0 Å². The van der Waals surface area contributed by atoms with Crippen molar-refractivity contribution < 1.29 is 9.59 Å². The number of carbonyl (C=O) groups is 2. The van der Waals surface area contributed by atoms with Crippen LogP contribution in [0.25, 0.3) is 11.1 Å². The van der Waals surface area contributed by atoms with Gasteiger partial charge in [-0.25, -0.2) is 0 Å². The summed E-state index contributed by atoms with van der Waals surface area (Å²) in [6.45, 7) is 6.05. The van der Waals surface area contributed by atoms with Crippen molar-refractivity contribution in [1.82, 2.24) is 0 Å². The lowest BCUT2D eigenvalue weighted by Crippen LogP contribution is -2.24. The third kappa shape index (κ3) is 2.19. The Hall–Kier alpha value is -3.00. The smallest absolute Gasteiger partial charge is 0.194 e. The summed E-state index contributed by atoms with van der Waals surface area (Å²) in [5, 5.41) is 0. The highest BCUT2D eigenvalue weighted by atomic mass is 16.1. The zero-order chi connectivity index (χ0) is 18.4. The molecule has 4 rings (SSSR count). The van der Waals surface area contributed by atoms with Crippen LogP contribution in [-0.2, 0) is 6.42 Å². The molecule has 0 aromatic heterocycles. The molecule has 0 aliphatic heterocycles. The van der Waals surface area contributed by atoms with E-state index in [-0.39, 0.29) is 11.6 Å². The van der Waals surface area contributed by atoms with E-state index < -0.39 is 0 Å². The molecule has 0 saturated carbocycles. The van der Waals surface area contributed by atoms with Crippen LogP contribution in [0, 0.1) is 13.8 Å². The quantitative estimate of drug-likeness (QED) is 0.496. The molecule has 0 unspecified atom stereocenters. The van der Waals surface area contributed by atoms with E-state index >= 15 is 0 Å². The highest BCUT2D eigenvalue weighted by molar-refractivity contribution is 6.30. The summed E-state index contributed by atoms with van der Waals surface area (Å²) in [6.07, 6.45) is 0.813. The molecule has 0 amide bonds. The Morgan fingerprint density at radius 1 is 0.654 bits per heavy atom. The van der Waals surface area contributed by atoms with Crippen molar-refractivity contribution in [2.75, 3.05) is 0 Å². The molecule has 0 heterocycles. The van der Waals surface area contributed by atoms with Crippen molar-refractivity contribution in [3.8, 4) is 11.1 Å². The van der Waals surface area contributed by atoms with Crippen molar-refractivity contribution in [1.29, 1.82) is 0 Å². The maximum absolute atomic E-state index is 13.3. The molecule has 0 spiro atoms. The van der Waals surface area contributed by atoms with Gasteiger partial charge in [0.15, 0.2) is 11.6 Å². The Bertz CT molecular complexity index is 1060. The Balaban J connectivity index is 2.11. The summed E-state index contributed by atoms with van der Waals surface area (Å²) < 4.78 is 0. The summed E-state index contributed by atoms with van der Waals surface area (Å²) >= 11 is 0. The maximum atomic E-state index is 13.3. The second-order valence-corrected chi connectivity index (χ2v) is 6.78. The highest BCUT2D eigenvalue weighted by Crippen LogP contribution is 2.39. The molecule has 0 radical (unpaired) electrons. The lowest BCUT2D eigenvalue weighted by Gasteiger charge is -2.26. The number of hydrogen-bond acceptors (Lipinski definition) is 2. The van der Waals surface area contributed by atoms with Crippen molar-refractivity contribution in [2.24, 2.45) is 0 Å². The van der Waals surface area contributed by atoms with Gasteiger partial charge in [0, 0.05) is 22.3 Å². The van der Waals surface area contributed by atoms with Crippen LogP contribution in [0.1, 0.15) is 55.5 Å². The largest absolute Gasteiger partial charge is 0.289 e. The van der Waals surface area contributed by atoms with E-state index in [0.717, 1.165) is 34.2 Å². The Morgan fingerprint density at radius 2 is 1.15 bits per heavy atom. The van der Waals surface area contributed by atoms with E-state index in [2.05, 4.69) is 19.1 Å². The molecule has 3 aromatic rings. The number of ketones is 2. The third-order valence-electron chi connectivity index (χ3n) is 5.42. The van der Waals surface area contributed by atoms with E-state index in [1.807, 2.05) is 44.2 Å². The van der Waals surface area contributed by atoms with Crippen LogP contribution in [0.15, 0.2) is 54.6 Å². The van der Waals surface area contributed by atoms with E-state index in [4.69, 9.17) is 0 Å². The molecule has 128 valence electrons. The SMILES string of the molecule is CCc1c(C)c2c(c(C)c1-c1ccccc1)C(=O)c1ccccc1C2=O. The summed E-state index contributed by atoms with van der Waals surface area (Å²) in [5.74, 6) is -0.0826. The number of carbonyl (C=O) groups excluding carboxylic acids is 2. The fourth-order valence-corrected chi connectivity index (χ4v) is 4.22. The number of fused-ring (bicyclic) bond motifs is 2. The van der Waals surface area contributed by atoms with Gasteiger partial charge in [0.05, 0.1) is 0 Å². The van der Waals surface area contributed by atoms with Crippen molar-refractivity contribution in [2.45, 2.75) is 27.2 Å². The Morgan fingerprint density at radius 3 is 1.69 bits per heavy atom. The van der Waals surface area contributed by atoms with Gasteiger partial charge in [-0.1, -0.05) is 61.5 Å². The summed E-state index contributed by atoms with van der Waals surface area (Å²) in [7, 11) is 0. The minimum absolute atomic E-state index is 0.0369. The molecule has 0 fully saturated rings. The minimum atomic E-state index is -0.0457. The second-order valence-electron chi connectivity index (χ2n) is 6.78. The van der Waals surface area contributed by atoms with Crippen molar-refractivity contribution >= 4 is 11.6 Å². The topological polar surface area (TPSA) is 34.1 Å². The van der Waals surface area contributed by atoms with Crippen LogP contribution in [0.4, 0.5) is 0 Å². The van der Waals surface area contributed by atoms with Crippen LogP contribution in [-0.4, -0.2) is 11.6 Å². The minimum Gasteiger partial charge on any atom is -0.289 e. The predicted molar refractivity (Wildman–Crippen MR) is 104 cm³/mol. The molecule has 2 heteroatoms. The predicted octanol–water partition coefficient (Wildman–Crippen LogP) is 5.31. The average molecular weight is 340 g/mol. The first kappa shape index (κ1) is 16.5. The Kier molecular flexibility index (Phi) is 3.84. The van der Waals surface area contributed by atoms with Crippen LogP contribution in [0.5, 0.6) is 0 Å². The maximum Gasteiger partial charge on any atom is 0.194 e. The number of rotatable bonds is 2. The number of hydrogen-bond donors (Lipinski definition) is 0. The van der Waals surface area contributed by atoms with Gasteiger partial charge in [-0.15, -0.1) is 0 Å². The van der Waals surface area contributed by atoms with Crippen molar-refractivity contribution in [3.05, 3.63) is 93.5 Å². The fraction of sp³-hybridized carbons (Fsp3) is 0.167. The van der Waals surface area contributed by atoms with Gasteiger partial charge >= 0.3 is 0 Å². The molecule has 1 aliphatic rings. The van der Waals surface area contributed by atoms with Crippen molar-refractivity contribution in [3.63, 3.8) is 0 Å². The van der Waals surface area contributed by atoms with Gasteiger partial charge in [0.25, 0.3) is 0 Å². The van der Waals surface area contributed by atoms with Gasteiger partial charge in [0.2, 0.25) is 0 Å². The first-order chi connectivity index (χ1) is 12.6. The second kappa shape index (κ2) is 6.06. The molecular weight excluding hydrogens is 320 g/mol. The number of benzene rings is 3. The molecule has 2 nitrogen and oxygen atoms in total. The Labute approximate surface area is 153 Å². The molecule has 0 atom stereocenters. The van der Waals surface area contributed by atoms with Crippen LogP contribution < -0.4 is 0 Å². The van der Waals surface area contributed by atoms with Gasteiger partial charge in [-0.05, 0) is 48.1 Å². The average Bonchev–Trinajstić information content (AvgIpc) is 2.67. The molecule has 0 saturated heterocycles. The van der Waals surface area contributed by atoms with Gasteiger partial charge < -0.3 is 0 Å². The van der Waals surface area contributed by atoms with Crippen LogP contribution in [0.3, 0.4) is 0 Å². The van der Waals surface area contributed by atoms with E-state index in [1.165, 1.54) is 0 Å². The summed E-state index contributed by atoms with van der Waals surface area (Å²) in [4.78, 5) is 26.4. The van der Waals surface area contributed by atoms with E-state index in [9.17, 15) is 9.59 Å². The first-order valence-corrected chi connectivity index (χ1v) is 8.96. The standard InChI is InChI=1S/C24H20O2/c1-4-17-14(2)21-22(15(3)20(17)16-10-6-5-7-11-16)24(26)19-13-9-8-12-18(19)23(21)25/h5-13H,4H2,1-3H3. The normalized spacial score (nSPS) is 12.7. The zero-order valence-electron chi connectivity index (χ0n) is 15.2. The van der Waals surface area contributed by atoms with E-state index in [1.54, 1.807) is 12.1 Å². The lowest BCUT2D eigenvalue weighted by molar-refractivity contribution is 0.0978. The molecule has 3 aromatic carbocycles. The summed E-state index contributed by atoms with van der Waals surface area (Å²) in [6, 6.07) is 17.3.